The summed E-state index contributed by atoms with van der Waals surface area (Å²) < 4.78 is 77.9. The van der Waals surface area contributed by atoms with E-state index in [0.717, 1.165) is 0 Å². The van der Waals surface area contributed by atoms with Crippen LogP contribution in [0.4, 0.5) is 26.3 Å². The summed E-state index contributed by atoms with van der Waals surface area (Å²) in [4.78, 5) is 22.5. The standard InChI is InChI=1S/C12H9F6NO4/c13-5-1-2-6(8(3-5)23-11(14)15)9(20)19-7(10(21)22)4-12(16,17)18/h1-3,7,11H,4H2,(H,19,20)(H,21,22). The molecule has 128 valence electrons. The van der Waals surface area contributed by atoms with Crippen LogP contribution in [0.25, 0.3) is 0 Å². The lowest BCUT2D eigenvalue weighted by atomic mass is 10.1. The van der Waals surface area contributed by atoms with Crippen LogP contribution in [0.15, 0.2) is 18.2 Å². The van der Waals surface area contributed by atoms with Crippen molar-refractivity contribution in [1.82, 2.24) is 5.32 Å². The minimum atomic E-state index is -4.89. The molecule has 0 bridgehead atoms. The van der Waals surface area contributed by atoms with E-state index in [4.69, 9.17) is 5.11 Å². The molecule has 0 aromatic heterocycles. The van der Waals surface area contributed by atoms with Crippen LogP contribution in [-0.4, -0.2) is 35.8 Å². The summed E-state index contributed by atoms with van der Waals surface area (Å²) in [6, 6.07) is -0.575. The molecule has 0 spiro atoms. The number of amides is 1. The maximum Gasteiger partial charge on any atom is 0.391 e. The number of aliphatic carboxylic acids is 1. The van der Waals surface area contributed by atoms with E-state index in [0.29, 0.717) is 18.2 Å². The Morgan fingerprint density at radius 2 is 1.87 bits per heavy atom. The summed E-state index contributed by atoms with van der Waals surface area (Å²) in [7, 11) is 0. The Labute approximate surface area is 124 Å². The lowest BCUT2D eigenvalue weighted by Crippen LogP contribution is -2.43. The summed E-state index contributed by atoms with van der Waals surface area (Å²) in [6.07, 6.45) is -6.76. The molecule has 23 heavy (non-hydrogen) atoms. The zero-order chi connectivity index (χ0) is 17.8. The van der Waals surface area contributed by atoms with Gasteiger partial charge >= 0.3 is 18.8 Å². The maximum absolute atomic E-state index is 13.0. The minimum Gasteiger partial charge on any atom is -0.480 e. The zero-order valence-corrected chi connectivity index (χ0v) is 11.0. The van der Waals surface area contributed by atoms with Crippen LogP contribution in [0.2, 0.25) is 0 Å². The summed E-state index contributed by atoms with van der Waals surface area (Å²) in [5.74, 6) is -5.39. The first kappa shape index (κ1) is 18.6. The molecule has 0 aliphatic rings. The van der Waals surface area contributed by atoms with E-state index < -0.39 is 54.3 Å². The molecule has 0 heterocycles. The number of halogens is 6. The third-order valence-corrected chi connectivity index (χ3v) is 2.44. The Morgan fingerprint density at radius 1 is 1.26 bits per heavy atom. The second kappa shape index (κ2) is 7.20. The second-order valence-electron chi connectivity index (χ2n) is 4.20. The SMILES string of the molecule is O=C(NC(CC(F)(F)F)C(=O)O)c1ccc(F)cc1OC(F)F. The van der Waals surface area contributed by atoms with Gasteiger partial charge in [0.05, 0.1) is 12.0 Å². The van der Waals surface area contributed by atoms with Crippen molar-refractivity contribution in [3.05, 3.63) is 29.6 Å². The molecule has 1 unspecified atom stereocenters. The molecular weight excluding hydrogens is 336 g/mol. The van der Waals surface area contributed by atoms with Gasteiger partial charge in [-0.15, -0.1) is 0 Å². The first-order chi connectivity index (χ1) is 10.5. The Bertz CT molecular complexity index is 589. The first-order valence-corrected chi connectivity index (χ1v) is 5.84. The fourth-order valence-electron chi connectivity index (χ4n) is 1.54. The predicted octanol–water partition coefficient (Wildman–Crippen LogP) is 2.56. The van der Waals surface area contributed by atoms with Crippen LogP contribution in [-0.2, 0) is 4.79 Å². The van der Waals surface area contributed by atoms with Gasteiger partial charge in [0.25, 0.3) is 5.91 Å². The molecule has 2 N–H and O–H groups in total. The van der Waals surface area contributed by atoms with Gasteiger partial charge in [-0.3, -0.25) is 4.79 Å². The van der Waals surface area contributed by atoms with Gasteiger partial charge in [0.1, 0.15) is 17.6 Å². The highest BCUT2D eigenvalue weighted by molar-refractivity contribution is 5.98. The zero-order valence-electron chi connectivity index (χ0n) is 11.0. The molecule has 1 aromatic carbocycles. The van der Waals surface area contributed by atoms with Gasteiger partial charge < -0.3 is 15.2 Å². The normalized spacial score (nSPS) is 12.8. The number of benzene rings is 1. The topological polar surface area (TPSA) is 75.6 Å². The van der Waals surface area contributed by atoms with Crippen molar-refractivity contribution in [2.45, 2.75) is 25.3 Å². The number of nitrogens with one attached hydrogen (secondary N) is 1. The maximum atomic E-state index is 13.0. The average molecular weight is 345 g/mol. The summed E-state index contributed by atoms with van der Waals surface area (Å²) in [5, 5.41) is 10.2. The average Bonchev–Trinajstić information content (AvgIpc) is 2.35. The fraction of sp³-hybridized carbons (Fsp3) is 0.333. The van der Waals surface area contributed by atoms with E-state index >= 15 is 0 Å². The highest BCUT2D eigenvalue weighted by Crippen LogP contribution is 2.24. The molecule has 1 amide bonds. The van der Waals surface area contributed by atoms with Crippen LogP contribution >= 0.6 is 0 Å². The number of ether oxygens (including phenoxy) is 1. The van der Waals surface area contributed by atoms with Crippen molar-refractivity contribution in [2.75, 3.05) is 0 Å². The predicted molar refractivity (Wildman–Crippen MR) is 62.6 cm³/mol. The third kappa shape index (κ3) is 6.04. The quantitative estimate of drug-likeness (QED) is 0.777. The van der Waals surface area contributed by atoms with E-state index in [9.17, 15) is 35.9 Å². The number of rotatable bonds is 6. The van der Waals surface area contributed by atoms with Crippen molar-refractivity contribution in [2.24, 2.45) is 0 Å². The van der Waals surface area contributed by atoms with Crippen LogP contribution in [0.5, 0.6) is 5.75 Å². The molecule has 0 saturated carbocycles. The molecule has 0 aliphatic carbocycles. The summed E-state index contributed by atoms with van der Waals surface area (Å²) in [6.45, 7) is -3.42. The number of hydrogen-bond acceptors (Lipinski definition) is 3. The van der Waals surface area contributed by atoms with Gasteiger partial charge in [0.15, 0.2) is 0 Å². The van der Waals surface area contributed by atoms with E-state index in [1.165, 1.54) is 5.32 Å². The van der Waals surface area contributed by atoms with Gasteiger partial charge in [-0.2, -0.15) is 22.0 Å². The van der Waals surface area contributed by atoms with Gasteiger partial charge in [0, 0.05) is 6.07 Å². The highest BCUT2D eigenvalue weighted by Gasteiger charge is 2.36. The molecular formula is C12H9F6NO4. The lowest BCUT2D eigenvalue weighted by Gasteiger charge is -2.17. The molecule has 1 atom stereocenters. The summed E-state index contributed by atoms with van der Waals surface area (Å²) in [5.41, 5.74) is -0.736. The molecule has 0 fully saturated rings. The molecule has 5 nitrogen and oxygen atoms in total. The third-order valence-electron chi connectivity index (χ3n) is 2.44. The monoisotopic (exact) mass is 345 g/mol. The minimum absolute atomic E-state index is 0.417. The Kier molecular flexibility index (Phi) is 5.82. The van der Waals surface area contributed by atoms with Crippen LogP contribution in [0, 0.1) is 5.82 Å². The van der Waals surface area contributed by atoms with Gasteiger partial charge in [-0.05, 0) is 12.1 Å². The van der Waals surface area contributed by atoms with Crippen molar-refractivity contribution in [1.29, 1.82) is 0 Å². The smallest absolute Gasteiger partial charge is 0.391 e. The van der Waals surface area contributed by atoms with Crippen molar-refractivity contribution >= 4 is 11.9 Å². The lowest BCUT2D eigenvalue weighted by molar-refractivity contribution is -0.157. The number of carbonyl (C=O) groups is 2. The Morgan fingerprint density at radius 3 is 2.35 bits per heavy atom. The second-order valence-corrected chi connectivity index (χ2v) is 4.20. The van der Waals surface area contributed by atoms with Gasteiger partial charge in [0.2, 0.25) is 0 Å². The molecule has 0 saturated heterocycles. The van der Waals surface area contributed by atoms with Crippen LogP contribution < -0.4 is 10.1 Å². The van der Waals surface area contributed by atoms with Gasteiger partial charge in [-0.1, -0.05) is 0 Å². The van der Waals surface area contributed by atoms with E-state index in [2.05, 4.69) is 4.74 Å². The van der Waals surface area contributed by atoms with E-state index in [1.807, 2.05) is 0 Å². The number of alkyl halides is 5. The Balaban J connectivity index is 3.01. The van der Waals surface area contributed by atoms with Crippen molar-refractivity contribution < 1.29 is 45.8 Å². The number of carboxylic acids is 1. The largest absolute Gasteiger partial charge is 0.480 e. The van der Waals surface area contributed by atoms with Crippen molar-refractivity contribution in [3.63, 3.8) is 0 Å². The van der Waals surface area contributed by atoms with Crippen LogP contribution in [0.3, 0.4) is 0 Å². The molecule has 0 aliphatic heterocycles. The molecule has 1 aromatic rings. The molecule has 1 rings (SSSR count). The first-order valence-electron chi connectivity index (χ1n) is 5.84. The Hall–Kier alpha value is -2.46. The number of hydrogen-bond donors (Lipinski definition) is 2. The van der Waals surface area contributed by atoms with Crippen molar-refractivity contribution in [3.8, 4) is 5.75 Å². The van der Waals surface area contributed by atoms with E-state index in [-0.39, 0.29) is 0 Å². The van der Waals surface area contributed by atoms with E-state index in [1.54, 1.807) is 0 Å². The summed E-state index contributed by atoms with van der Waals surface area (Å²) >= 11 is 0. The molecule has 0 radical (unpaired) electrons. The highest BCUT2D eigenvalue weighted by atomic mass is 19.4. The number of carbonyl (C=O) groups excluding carboxylic acids is 1. The van der Waals surface area contributed by atoms with Gasteiger partial charge in [-0.25, -0.2) is 9.18 Å². The number of carboxylic acid groups (broad SMARTS) is 1. The molecule has 11 heteroatoms. The van der Waals surface area contributed by atoms with Crippen LogP contribution in [0.1, 0.15) is 16.8 Å². The fourth-order valence-corrected chi connectivity index (χ4v) is 1.54.